The molecule has 124 valence electrons. The van der Waals surface area contributed by atoms with Crippen LogP contribution in [0.2, 0.25) is 0 Å². The van der Waals surface area contributed by atoms with E-state index in [1.54, 1.807) is 13.1 Å². The molecule has 2 unspecified atom stereocenters. The monoisotopic (exact) mass is 327 g/mol. The van der Waals surface area contributed by atoms with Crippen molar-refractivity contribution < 1.29 is 13.9 Å². The minimum atomic E-state index is -0.477. The van der Waals surface area contributed by atoms with Crippen molar-refractivity contribution in [1.82, 2.24) is 9.88 Å². The first kappa shape index (κ1) is 15.9. The number of carbonyl (C=O) groups excluding carboxylic acids is 1. The third kappa shape index (κ3) is 3.49. The van der Waals surface area contributed by atoms with Gasteiger partial charge in [0.2, 0.25) is 5.89 Å². The summed E-state index contributed by atoms with van der Waals surface area (Å²) in [6, 6.07) is 8.72. The van der Waals surface area contributed by atoms with Crippen LogP contribution in [0.4, 0.5) is 4.79 Å². The van der Waals surface area contributed by atoms with Crippen LogP contribution in [0.25, 0.3) is 10.4 Å². The zero-order valence-corrected chi connectivity index (χ0v) is 13.2. The lowest BCUT2D eigenvalue weighted by atomic mass is 10.2. The molecular weight excluding hydrogens is 310 g/mol. The molecule has 1 aromatic carbocycles. The van der Waals surface area contributed by atoms with E-state index in [0.29, 0.717) is 18.1 Å². The van der Waals surface area contributed by atoms with E-state index in [9.17, 15) is 4.79 Å². The number of hydrogen-bond acceptors (Lipinski definition) is 5. The number of ether oxygens (including phenoxy) is 1. The van der Waals surface area contributed by atoms with Crippen molar-refractivity contribution in [1.29, 1.82) is 0 Å². The van der Waals surface area contributed by atoms with Gasteiger partial charge in [0.05, 0.1) is 12.2 Å². The lowest BCUT2D eigenvalue weighted by molar-refractivity contribution is 0.0874. The fraction of sp³-hybridized carbons (Fsp3) is 0.375. The number of carbonyl (C=O) groups is 1. The Morgan fingerprint density at radius 3 is 2.96 bits per heavy atom. The smallest absolute Gasteiger partial charge is 0.410 e. The molecule has 8 heteroatoms. The summed E-state index contributed by atoms with van der Waals surface area (Å²) in [5, 5.41) is 3.72. The quantitative estimate of drug-likeness (QED) is 0.484. The fourth-order valence-electron chi connectivity index (χ4n) is 2.73. The predicted molar refractivity (Wildman–Crippen MR) is 84.9 cm³/mol. The molecule has 1 aliphatic rings. The van der Waals surface area contributed by atoms with Gasteiger partial charge in [0, 0.05) is 11.5 Å². The zero-order chi connectivity index (χ0) is 16.9. The number of benzene rings is 1. The van der Waals surface area contributed by atoms with Gasteiger partial charge in [-0.1, -0.05) is 35.4 Å². The minimum Gasteiger partial charge on any atom is -0.445 e. The van der Waals surface area contributed by atoms with Gasteiger partial charge in [-0.25, -0.2) is 9.78 Å². The second kappa shape index (κ2) is 7.06. The van der Waals surface area contributed by atoms with Crippen LogP contribution in [-0.4, -0.2) is 28.6 Å². The van der Waals surface area contributed by atoms with Crippen molar-refractivity contribution in [2.75, 3.05) is 6.54 Å². The number of amides is 1. The summed E-state index contributed by atoms with van der Waals surface area (Å²) in [5.41, 5.74) is 9.55. The molecule has 1 fully saturated rings. The number of aromatic nitrogens is 1. The molecule has 0 aliphatic carbocycles. The Bertz CT molecular complexity index is 754. The fourth-order valence-corrected chi connectivity index (χ4v) is 2.73. The van der Waals surface area contributed by atoms with Crippen LogP contribution in [0.1, 0.15) is 29.7 Å². The average molecular weight is 327 g/mol. The van der Waals surface area contributed by atoms with Crippen LogP contribution >= 0.6 is 0 Å². The first-order valence-corrected chi connectivity index (χ1v) is 7.61. The van der Waals surface area contributed by atoms with Gasteiger partial charge in [0.1, 0.15) is 18.4 Å². The number of azide groups is 1. The van der Waals surface area contributed by atoms with E-state index in [0.717, 1.165) is 5.56 Å². The number of rotatable bonds is 4. The SMILES string of the molecule is Cc1cnc(C2CC(N=[N+]=[N-])CN2C(=O)OCc2ccccc2)o1. The number of oxazole rings is 1. The van der Waals surface area contributed by atoms with E-state index >= 15 is 0 Å². The normalized spacial score (nSPS) is 19.8. The first-order chi connectivity index (χ1) is 11.7. The van der Waals surface area contributed by atoms with Crippen LogP contribution in [0.3, 0.4) is 0 Å². The maximum atomic E-state index is 12.5. The summed E-state index contributed by atoms with van der Waals surface area (Å²) in [7, 11) is 0. The Kier molecular flexibility index (Phi) is 4.67. The highest BCUT2D eigenvalue weighted by molar-refractivity contribution is 5.68. The molecule has 1 aromatic heterocycles. The molecule has 0 saturated carbocycles. The van der Waals surface area contributed by atoms with Crippen LogP contribution in [-0.2, 0) is 11.3 Å². The molecular formula is C16H17N5O3. The summed E-state index contributed by atoms with van der Waals surface area (Å²) in [4.78, 5) is 21.0. The third-order valence-corrected chi connectivity index (χ3v) is 3.86. The second-order valence-corrected chi connectivity index (χ2v) is 5.61. The van der Waals surface area contributed by atoms with Gasteiger partial charge in [-0.15, -0.1) is 0 Å². The molecule has 2 aromatic rings. The molecule has 0 bridgehead atoms. The van der Waals surface area contributed by atoms with Crippen molar-refractivity contribution in [3.8, 4) is 0 Å². The van der Waals surface area contributed by atoms with Gasteiger partial charge in [-0.05, 0) is 24.4 Å². The van der Waals surface area contributed by atoms with Gasteiger partial charge in [-0.3, -0.25) is 4.90 Å². The van der Waals surface area contributed by atoms with Crippen LogP contribution in [0.5, 0.6) is 0 Å². The molecule has 8 nitrogen and oxygen atoms in total. The van der Waals surface area contributed by atoms with Crippen LogP contribution < -0.4 is 0 Å². The largest absolute Gasteiger partial charge is 0.445 e. The topological polar surface area (TPSA) is 104 Å². The van der Waals surface area contributed by atoms with Gasteiger partial charge < -0.3 is 9.15 Å². The highest BCUT2D eigenvalue weighted by Crippen LogP contribution is 2.34. The molecule has 0 spiro atoms. The Hall–Kier alpha value is -2.99. The minimum absolute atomic E-state index is 0.180. The van der Waals surface area contributed by atoms with E-state index in [4.69, 9.17) is 14.7 Å². The van der Waals surface area contributed by atoms with E-state index < -0.39 is 12.1 Å². The Labute approximate surface area is 138 Å². The lowest BCUT2D eigenvalue weighted by Gasteiger charge is -2.21. The van der Waals surface area contributed by atoms with Crippen molar-refractivity contribution in [2.45, 2.75) is 32.0 Å². The number of hydrogen-bond donors (Lipinski definition) is 0. The van der Waals surface area contributed by atoms with Gasteiger partial charge in [-0.2, -0.15) is 0 Å². The highest BCUT2D eigenvalue weighted by atomic mass is 16.6. The number of likely N-dealkylation sites (tertiary alicyclic amines) is 1. The molecule has 3 rings (SSSR count). The van der Waals surface area contributed by atoms with Crippen molar-refractivity contribution >= 4 is 6.09 Å². The molecule has 0 radical (unpaired) electrons. The third-order valence-electron chi connectivity index (χ3n) is 3.86. The Morgan fingerprint density at radius 1 is 1.50 bits per heavy atom. The molecule has 0 N–H and O–H groups in total. The standard InChI is InChI=1S/C16H17N5O3/c1-11-8-18-15(24-11)14-7-13(19-20-17)9-21(14)16(22)23-10-12-5-3-2-4-6-12/h2-6,8,13-14H,7,9-10H2,1H3. The molecule has 24 heavy (non-hydrogen) atoms. The average Bonchev–Trinajstić information content (AvgIpc) is 3.20. The second-order valence-electron chi connectivity index (χ2n) is 5.61. The highest BCUT2D eigenvalue weighted by Gasteiger charge is 2.39. The van der Waals surface area contributed by atoms with Gasteiger partial charge in [0.25, 0.3) is 0 Å². The Morgan fingerprint density at radius 2 is 2.29 bits per heavy atom. The number of aryl methyl sites for hydroxylation is 1. The summed E-state index contributed by atoms with van der Waals surface area (Å²) in [6.45, 7) is 2.25. The van der Waals surface area contributed by atoms with Crippen molar-refractivity contribution in [2.24, 2.45) is 5.11 Å². The van der Waals surface area contributed by atoms with Gasteiger partial charge in [0.15, 0.2) is 0 Å². The van der Waals surface area contributed by atoms with E-state index in [2.05, 4.69) is 15.0 Å². The lowest BCUT2D eigenvalue weighted by Crippen LogP contribution is -2.32. The molecule has 2 heterocycles. The molecule has 1 aliphatic heterocycles. The summed E-state index contributed by atoms with van der Waals surface area (Å²) >= 11 is 0. The van der Waals surface area contributed by atoms with E-state index in [1.807, 2.05) is 30.3 Å². The predicted octanol–water partition coefficient (Wildman–Crippen LogP) is 3.75. The Balaban J connectivity index is 1.72. The van der Waals surface area contributed by atoms with Crippen LogP contribution in [0.15, 0.2) is 46.1 Å². The summed E-state index contributed by atoms with van der Waals surface area (Å²) in [6.07, 6.45) is 1.59. The van der Waals surface area contributed by atoms with Crippen molar-refractivity contribution in [3.63, 3.8) is 0 Å². The molecule has 2 atom stereocenters. The molecule has 1 amide bonds. The van der Waals surface area contributed by atoms with E-state index in [1.165, 1.54) is 4.90 Å². The van der Waals surface area contributed by atoms with Gasteiger partial charge >= 0.3 is 6.09 Å². The maximum absolute atomic E-state index is 12.5. The van der Waals surface area contributed by atoms with Crippen molar-refractivity contribution in [3.05, 3.63) is 64.2 Å². The summed E-state index contributed by atoms with van der Waals surface area (Å²) < 4.78 is 10.9. The number of nitrogens with zero attached hydrogens (tertiary/aromatic N) is 5. The van der Waals surface area contributed by atoms with E-state index in [-0.39, 0.29) is 19.2 Å². The summed E-state index contributed by atoms with van der Waals surface area (Å²) in [5.74, 6) is 1.09. The first-order valence-electron chi connectivity index (χ1n) is 7.61. The van der Waals surface area contributed by atoms with Crippen LogP contribution in [0, 0.1) is 6.92 Å². The maximum Gasteiger partial charge on any atom is 0.410 e. The molecule has 1 saturated heterocycles. The zero-order valence-electron chi connectivity index (χ0n) is 13.2.